The van der Waals surface area contributed by atoms with Crippen LogP contribution < -0.4 is 0 Å². The second-order valence-electron chi connectivity index (χ2n) is 7.73. The van der Waals surface area contributed by atoms with Crippen molar-refractivity contribution >= 4 is 24.8 Å². The predicted octanol–water partition coefficient (Wildman–Crippen LogP) is 5.67. The van der Waals surface area contributed by atoms with E-state index < -0.39 is 0 Å². The van der Waals surface area contributed by atoms with Crippen LogP contribution in [0, 0.1) is 0 Å². The van der Waals surface area contributed by atoms with Gasteiger partial charge < -0.3 is 4.90 Å². The largest absolute Gasteiger partial charge is 0.300 e. The van der Waals surface area contributed by atoms with Gasteiger partial charge in [0.25, 0.3) is 0 Å². The van der Waals surface area contributed by atoms with Gasteiger partial charge >= 0.3 is 0 Å². The van der Waals surface area contributed by atoms with Crippen molar-refractivity contribution in [1.29, 1.82) is 0 Å². The van der Waals surface area contributed by atoms with E-state index in [0.717, 1.165) is 45.6 Å². The molecule has 0 aliphatic carbocycles. The number of rotatable bonds is 7. The third kappa shape index (κ3) is 6.85. The fourth-order valence-electron chi connectivity index (χ4n) is 4.20. The fourth-order valence-corrected chi connectivity index (χ4v) is 4.20. The lowest BCUT2D eigenvalue weighted by Gasteiger charge is -2.39. The van der Waals surface area contributed by atoms with Crippen molar-refractivity contribution < 1.29 is 0 Å². The van der Waals surface area contributed by atoms with Crippen LogP contribution in [0.25, 0.3) is 0 Å². The standard InChI is InChI=1S/C26H30N2.2ClH/c1-4-10-23(11-5-1)16-17-27-18-20-28(21-19-27)26(25-14-8-3-9-15-25)22-24-12-6-2-7-13-24;;/h1-15,26H,16-22H2;2*1H/t26-;;/m1../s1. The maximum atomic E-state index is 2.68. The third-order valence-electron chi connectivity index (χ3n) is 5.86. The number of hydrogen-bond acceptors (Lipinski definition) is 2. The average molecular weight is 443 g/mol. The van der Waals surface area contributed by atoms with Gasteiger partial charge in [0.1, 0.15) is 0 Å². The first kappa shape index (κ1) is 24.4. The van der Waals surface area contributed by atoms with Crippen LogP contribution in [0.1, 0.15) is 22.7 Å². The van der Waals surface area contributed by atoms with Crippen molar-refractivity contribution in [1.82, 2.24) is 9.80 Å². The van der Waals surface area contributed by atoms with Crippen molar-refractivity contribution in [3.05, 3.63) is 108 Å². The first-order chi connectivity index (χ1) is 13.9. The molecule has 0 radical (unpaired) electrons. The van der Waals surface area contributed by atoms with E-state index in [-0.39, 0.29) is 24.8 Å². The Kier molecular flexibility index (Phi) is 10.4. The minimum atomic E-state index is 0. The van der Waals surface area contributed by atoms with E-state index in [4.69, 9.17) is 0 Å². The van der Waals surface area contributed by atoms with E-state index in [1.54, 1.807) is 0 Å². The Morgan fingerprint density at radius 1 is 0.600 bits per heavy atom. The van der Waals surface area contributed by atoms with Crippen LogP contribution in [0.5, 0.6) is 0 Å². The van der Waals surface area contributed by atoms with Crippen molar-refractivity contribution in [2.45, 2.75) is 18.9 Å². The molecule has 0 bridgehead atoms. The van der Waals surface area contributed by atoms with E-state index in [0.29, 0.717) is 6.04 Å². The molecule has 1 aliphatic heterocycles. The predicted molar refractivity (Wildman–Crippen MR) is 132 cm³/mol. The maximum absolute atomic E-state index is 2.68. The summed E-state index contributed by atoms with van der Waals surface area (Å²) in [5.74, 6) is 0. The molecule has 160 valence electrons. The highest BCUT2D eigenvalue weighted by molar-refractivity contribution is 5.85. The molecule has 2 nitrogen and oxygen atoms in total. The van der Waals surface area contributed by atoms with Gasteiger partial charge in [0.05, 0.1) is 0 Å². The van der Waals surface area contributed by atoms with E-state index in [1.807, 2.05) is 0 Å². The summed E-state index contributed by atoms with van der Waals surface area (Å²) in [6, 6.07) is 33.3. The summed E-state index contributed by atoms with van der Waals surface area (Å²) in [6.45, 7) is 5.75. The molecule has 0 unspecified atom stereocenters. The van der Waals surface area contributed by atoms with Gasteiger partial charge in [-0.2, -0.15) is 0 Å². The van der Waals surface area contributed by atoms with Gasteiger partial charge in [-0.05, 0) is 29.5 Å². The summed E-state index contributed by atoms with van der Waals surface area (Å²) < 4.78 is 0. The molecule has 1 fully saturated rings. The summed E-state index contributed by atoms with van der Waals surface area (Å²) in [4.78, 5) is 5.30. The lowest BCUT2D eigenvalue weighted by Crippen LogP contribution is -2.48. The number of halogens is 2. The Morgan fingerprint density at radius 3 is 1.67 bits per heavy atom. The van der Waals surface area contributed by atoms with Gasteiger partial charge in [-0.1, -0.05) is 91.0 Å². The van der Waals surface area contributed by atoms with E-state index in [1.165, 1.54) is 16.7 Å². The summed E-state index contributed by atoms with van der Waals surface area (Å²) >= 11 is 0. The maximum Gasteiger partial charge on any atom is 0.0389 e. The normalized spacial score (nSPS) is 15.6. The molecule has 30 heavy (non-hydrogen) atoms. The summed E-state index contributed by atoms with van der Waals surface area (Å²) in [5.41, 5.74) is 4.29. The molecular weight excluding hydrogens is 411 g/mol. The molecule has 1 saturated heterocycles. The van der Waals surface area contributed by atoms with Gasteiger partial charge in [-0.15, -0.1) is 24.8 Å². The second-order valence-corrected chi connectivity index (χ2v) is 7.73. The van der Waals surface area contributed by atoms with Crippen molar-refractivity contribution in [3.63, 3.8) is 0 Å². The van der Waals surface area contributed by atoms with Crippen LogP contribution in [-0.2, 0) is 12.8 Å². The molecule has 3 aromatic carbocycles. The molecule has 3 aromatic rings. The quantitative estimate of drug-likeness (QED) is 0.464. The average Bonchev–Trinajstić information content (AvgIpc) is 2.78. The number of piperazine rings is 1. The lowest BCUT2D eigenvalue weighted by molar-refractivity contribution is 0.0961. The van der Waals surface area contributed by atoms with Crippen LogP contribution in [-0.4, -0.2) is 42.5 Å². The zero-order valence-electron chi connectivity index (χ0n) is 17.4. The van der Waals surface area contributed by atoms with Crippen molar-refractivity contribution in [2.24, 2.45) is 0 Å². The lowest BCUT2D eigenvalue weighted by atomic mass is 9.96. The fraction of sp³-hybridized carbons (Fsp3) is 0.308. The minimum absolute atomic E-state index is 0. The summed E-state index contributed by atoms with van der Waals surface area (Å²) in [5, 5.41) is 0. The van der Waals surface area contributed by atoms with Crippen LogP contribution >= 0.6 is 24.8 Å². The molecule has 4 rings (SSSR count). The molecule has 1 atom stereocenters. The smallest absolute Gasteiger partial charge is 0.0389 e. The molecule has 0 aromatic heterocycles. The molecular formula is C26H32Cl2N2. The zero-order chi connectivity index (χ0) is 19.0. The highest BCUT2D eigenvalue weighted by atomic mass is 35.5. The van der Waals surface area contributed by atoms with Crippen LogP contribution in [0.15, 0.2) is 91.0 Å². The van der Waals surface area contributed by atoms with Crippen LogP contribution in [0.2, 0.25) is 0 Å². The molecule has 0 amide bonds. The Balaban J connectivity index is 0.00000160. The molecule has 0 spiro atoms. The third-order valence-corrected chi connectivity index (χ3v) is 5.86. The number of nitrogens with zero attached hydrogens (tertiary/aromatic N) is 2. The van der Waals surface area contributed by atoms with E-state index >= 15 is 0 Å². The van der Waals surface area contributed by atoms with Crippen LogP contribution in [0.3, 0.4) is 0 Å². The Labute approximate surface area is 193 Å². The Bertz CT molecular complexity index is 819. The topological polar surface area (TPSA) is 6.48 Å². The van der Waals surface area contributed by atoms with Gasteiger partial charge in [0.2, 0.25) is 0 Å². The highest BCUT2D eigenvalue weighted by Gasteiger charge is 2.25. The van der Waals surface area contributed by atoms with E-state index in [9.17, 15) is 0 Å². The number of benzene rings is 3. The zero-order valence-corrected chi connectivity index (χ0v) is 19.0. The first-order valence-corrected chi connectivity index (χ1v) is 10.5. The first-order valence-electron chi connectivity index (χ1n) is 10.5. The van der Waals surface area contributed by atoms with Gasteiger partial charge in [-0.3, -0.25) is 4.90 Å². The SMILES string of the molecule is Cl.Cl.c1ccc(CCN2CCN([C@H](Cc3ccccc3)c3ccccc3)CC2)cc1. The van der Waals surface area contributed by atoms with Gasteiger partial charge in [0, 0.05) is 38.8 Å². The van der Waals surface area contributed by atoms with E-state index in [2.05, 4.69) is 101 Å². The van der Waals surface area contributed by atoms with Gasteiger partial charge in [-0.25, -0.2) is 0 Å². The molecule has 1 heterocycles. The number of hydrogen-bond donors (Lipinski definition) is 0. The molecule has 0 saturated carbocycles. The second kappa shape index (κ2) is 12.8. The minimum Gasteiger partial charge on any atom is -0.300 e. The Morgan fingerprint density at radius 2 is 1.10 bits per heavy atom. The van der Waals surface area contributed by atoms with Crippen molar-refractivity contribution in [3.8, 4) is 0 Å². The van der Waals surface area contributed by atoms with Crippen molar-refractivity contribution in [2.75, 3.05) is 32.7 Å². The molecule has 0 N–H and O–H groups in total. The van der Waals surface area contributed by atoms with Crippen LogP contribution in [0.4, 0.5) is 0 Å². The summed E-state index contributed by atoms with van der Waals surface area (Å²) in [7, 11) is 0. The monoisotopic (exact) mass is 442 g/mol. The summed E-state index contributed by atoms with van der Waals surface area (Å²) in [6.07, 6.45) is 2.22. The molecule has 4 heteroatoms. The van der Waals surface area contributed by atoms with Gasteiger partial charge in [0.15, 0.2) is 0 Å². The highest BCUT2D eigenvalue weighted by Crippen LogP contribution is 2.26. The molecule has 1 aliphatic rings. The Hall–Kier alpha value is -1.84.